The van der Waals surface area contributed by atoms with Crippen LogP contribution in [0.2, 0.25) is 0 Å². The first kappa shape index (κ1) is 12.8. The van der Waals surface area contributed by atoms with Gasteiger partial charge in [0.15, 0.2) is 0 Å². The molecule has 0 radical (unpaired) electrons. The summed E-state index contributed by atoms with van der Waals surface area (Å²) in [7, 11) is 0. The number of para-hydroxylation sites is 1. The Morgan fingerprint density at radius 1 is 1.10 bits per heavy atom. The van der Waals surface area contributed by atoms with Crippen molar-refractivity contribution in [3.05, 3.63) is 57.9 Å². The van der Waals surface area contributed by atoms with E-state index in [0.717, 1.165) is 27.2 Å². The minimum absolute atomic E-state index is 0.0843. The maximum Gasteiger partial charge on any atom is 0.265 e. The van der Waals surface area contributed by atoms with Crippen molar-refractivity contribution in [3.8, 4) is 0 Å². The minimum atomic E-state index is -0.0843. The molecule has 100 valence electrons. The molecule has 0 aliphatic carbocycles. The second-order valence-corrected chi connectivity index (χ2v) is 5.98. The molecule has 0 aliphatic heterocycles. The van der Waals surface area contributed by atoms with Gasteiger partial charge in [-0.3, -0.25) is 9.78 Å². The lowest BCUT2D eigenvalue weighted by atomic mass is 10.1. The number of thiophene rings is 1. The van der Waals surface area contributed by atoms with E-state index < -0.39 is 0 Å². The van der Waals surface area contributed by atoms with Gasteiger partial charge in [-0.25, -0.2) is 0 Å². The Bertz CT molecular complexity index is 792. The van der Waals surface area contributed by atoms with Crippen LogP contribution in [0.5, 0.6) is 0 Å². The normalized spacial score (nSPS) is 10.7. The van der Waals surface area contributed by atoms with Crippen LogP contribution >= 0.6 is 11.3 Å². The fraction of sp³-hybridized carbons (Fsp3) is 0.125. The van der Waals surface area contributed by atoms with Gasteiger partial charge in [0, 0.05) is 16.0 Å². The van der Waals surface area contributed by atoms with Crippen LogP contribution in [0.4, 0.5) is 5.69 Å². The molecule has 0 fully saturated rings. The predicted octanol–water partition coefficient (Wildman–Crippen LogP) is 4.17. The lowest BCUT2D eigenvalue weighted by molar-refractivity contribution is 0.103. The molecule has 1 amide bonds. The maximum absolute atomic E-state index is 12.2. The summed E-state index contributed by atoms with van der Waals surface area (Å²) in [4.78, 5) is 18.6. The van der Waals surface area contributed by atoms with Crippen LogP contribution in [-0.4, -0.2) is 10.9 Å². The fourth-order valence-electron chi connectivity index (χ4n) is 2.09. The van der Waals surface area contributed by atoms with E-state index in [2.05, 4.69) is 10.3 Å². The summed E-state index contributed by atoms with van der Waals surface area (Å²) in [6.45, 7) is 3.94. The van der Waals surface area contributed by atoms with Crippen molar-refractivity contribution in [3.63, 3.8) is 0 Å². The Morgan fingerprint density at radius 2 is 1.95 bits per heavy atom. The molecule has 0 saturated heterocycles. The number of aryl methyl sites for hydroxylation is 2. The molecule has 0 saturated carbocycles. The van der Waals surface area contributed by atoms with Crippen molar-refractivity contribution in [2.45, 2.75) is 13.8 Å². The van der Waals surface area contributed by atoms with Gasteiger partial charge in [0.1, 0.15) is 0 Å². The summed E-state index contributed by atoms with van der Waals surface area (Å²) in [6.07, 6.45) is 0. The summed E-state index contributed by atoms with van der Waals surface area (Å²) >= 11 is 1.49. The number of benzene rings is 1. The number of hydrogen-bond acceptors (Lipinski definition) is 3. The van der Waals surface area contributed by atoms with Gasteiger partial charge in [-0.1, -0.05) is 18.2 Å². The Balaban J connectivity index is 1.98. The first-order valence-corrected chi connectivity index (χ1v) is 7.19. The summed E-state index contributed by atoms with van der Waals surface area (Å²) in [5.74, 6) is -0.0843. The predicted molar refractivity (Wildman–Crippen MR) is 83.5 cm³/mol. The van der Waals surface area contributed by atoms with Gasteiger partial charge in [0.2, 0.25) is 0 Å². The topological polar surface area (TPSA) is 42.0 Å². The fourth-order valence-corrected chi connectivity index (χ4v) is 2.85. The zero-order chi connectivity index (χ0) is 14.1. The van der Waals surface area contributed by atoms with E-state index in [0.29, 0.717) is 4.88 Å². The van der Waals surface area contributed by atoms with E-state index in [9.17, 15) is 4.79 Å². The SMILES string of the molecule is Cc1ccc2cccc(NC(=O)c3ccc(C)s3)c2n1. The molecule has 0 atom stereocenters. The van der Waals surface area contributed by atoms with E-state index >= 15 is 0 Å². The number of hydrogen-bond donors (Lipinski definition) is 1. The van der Waals surface area contributed by atoms with Crippen molar-refractivity contribution in [1.29, 1.82) is 0 Å². The Kier molecular flexibility index (Phi) is 3.24. The molecule has 1 N–H and O–H groups in total. The molecule has 3 rings (SSSR count). The average molecular weight is 282 g/mol. The van der Waals surface area contributed by atoms with Gasteiger partial charge >= 0.3 is 0 Å². The van der Waals surface area contributed by atoms with Crippen molar-refractivity contribution in [2.75, 3.05) is 5.32 Å². The Morgan fingerprint density at radius 3 is 2.70 bits per heavy atom. The average Bonchev–Trinajstić information content (AvgIpc) is 2.86. The molecule has 4 heteroatoms. The van der Waals surface area contributed by atoms with Crippen LogP contribution in [0.1, 0.15) is 20.2 Å². The molecule has 3 nitrogen and oxygen atoms in total. The highest BCUT2D eigenvalue weighted by Crippen LogP contribution is 2.23. The molecule has 0 bridgehead atoms. The molecule has 2 aromatic heterocycles. The minimum Gasteiger partial charge on any atom is -0.319 e. The van der Waals surface area contributed by atoms with Gasteiger partial charge < -0.3 is 5.32 Å². The number of fused-ring (bicyclic) bond motifs is 1. The Labute approximate surface area is 121 Å². The third-order valence-electron chi connectivity index (χ3n) is 3.07. The zero-order valence-corrected chi connectivity index (χ0v) is 12.1. The standard InChI is InChI=1S/C16H14N2OS/c1-10-6-8-12-4-3-5-13(15(12)17-10)18-16(19)14-9-7-11(2)20-14/h3-9H,1-2H3,(H,18,19). The summed E-state index contributed by atoms with van der Waals surface area (Å²) < 4.78 is 0. The maximum atomic E-state index is 12.2. The number of carbonyl (C=O) groups is 1. The number of aromatic nitrogens is 1. The lowest BCUT2D eigenvalue weighted by Gasteiger charge is -2.07. The molecule has 1 aromatic carbocycles. The highest BCUT2D eigenvalue weighted by Gasteiger charge is 2.10. The summed E-state index contributed by atoms with van der Waals surface area (Å²) in [5, 5.41) is 3.97. The molecule has 0 aliphatic rings. The van der Waals surface area contributed by atoms with E-state index in [1.165, 1.54) is 11.3 Å². The number of pyridine rings is 1. The highest BCUT2D eigenvalue weighted by molar-refractivity contribution is 7.14. The van der Waals surface area contributed by atoms with Crippen molar-refractivity contribution >= 4 is 33.8 Å². The number of rotatable bonds is 2. The molecular weight excluding hydrogens is 268 g/mol. The van der Waals surface area contributed by atoms with E-state index in [-0.39, 0.29) is 5.91 Å². The van der Waals surface area contributed by atoms with Crippen molar-refractivity contribution < 1.29 is 4.79 Å². The van der Waals surface area contributed by atoms with E-state index in [1.54, 1.807) is 0 Å². The number of nitrogens with zero attached hydrogens (tertiary/aromatic N) is 1. The highest BCUT2D eigenvalue weighted by atomic mass is 32.1. The van der Waals surface area contributed by atoms with Gasteiger partial charge in [-0.05, 0) is 38.1 Å². The zero-order valence-electron chi connectivity index (χ0n) is 11.3. The third kappa shape index (κ3) is 2.42. The monoisotopic (exact) mass is 282 g/mol. The number of anilines is 1. The second-order valence-electron chi connectivity index (χ2n) is 4.69. The largest absolute Gasteiger partial charge is 0.319 e. The first-order chi connectivity index (χ1) is 9.63. The number of amides is 1. The molecule has 3 aromatic rings. The molecule has 0 spiro atoms. The van der Waals surface area contributed by atoms with Crippen LogP contribution < -0.4 is 5.32 Å². The number of nitrogens with one attached hydrogen (secondary N) is 1. The molecule has 0 unspecified atom stereocenters. The van der Waals surface area contributed by atoms with Crippen LogP contribution in [0.15, 0.2) is 42.5 Å². The quantitative estimate of drug-likeness (QED) is 0.766. The van der Waals surface area contributed by atoms with Gasteiger partial charge in [-0.2, -0.15) is 0 Å². The van der Waals surface area contributed by atoms with Crippen LogP contribution in [-0.2, 0) is 0 Å². The summed E-state index contributed by atoms with van der Waals surface area (Å²) in [5.41, 5.74) is 2.52. The Hall–Kier alpha value is -2.20. The van der Waals surface area contributed by atoms with Crippen molar-refractivity contribution in [2.24, 2.45) is 0 Å². The van der Waals surface area contributed by atoms with Crippen LogP contribution in [0.3, 0.4) is 0 Å². The number of carbonyl (C=O) groups excluding carboxylic acids is 1. The van der Waals surface area contributed by atoms with Crippen molar-refractivity contribution in [1.82, 2.24) is 4.98 Å². The van der Waals surface area contributed by atoms with E-state index in [4.69, 9.17) is 0 Å². The smallest absolute Gasteiger partial charge is 0.265 e. The first-order valence-electron chi connectivity index (χ1n) is 6.37. The van der Waals surface area contributed by atoms with Gasteiger partial charge in [-0.15, -0.1) is 11.3 Å². The molecule has 20 heavy (non-hydrogen) atoms. The second kappa shape index (κ2) is 5.06. The van der Waals surface area contributed by atoms with E-state index in [1.807, 2.05) is 56.3 Å². The van der Waals surface area contributed by atoms with Gasteiger partial charge in [0.05, 0.1) is 16.1 Å². The lowest BCUT2D eigenvalue weighted by Crippen LogP contribution is -2.10. The summed E-state index contributed by atoms with van der Waals surface area (Å²) in [6, 6.07) is 13.6. The van der Waals surface area contributed by atoms with Crippen LogP contribution in [0.25, 0.3) is 10.9 Å². The molecular formula is C16H14N2OS. The third-order valence-corrected chi connectivity index (χ3v) is 4.07. The molecule has 2 heterocycles. The van der Waals surface area contributed by atoms with Crippen LogP contribution in [0, 0.1) is 13.8 Å². The van der Waals surface area contributed by atoms with Gasteiger partial charge in [0.25, 0.3) is 5.91 Å².